The summed E-state index contributed by atoms with van der Waals surface area (Å²) in [4.78, 5) is 0. The van der Waals surface area contributed by atoms with Gasteiger partial charge in [-0.3, -0.25) is 0 Å². The van der Waals surface area contributed by atoms with Gasteiger partial charge in [-0.2, -0.15) is 0 Å². The maximum absolute atomic E-state index is 9.69. The molecular weight excluding hydrogens is 146 g/mol. The zero-order valence-electron chi connectivity index (χ0n) is 3.39. The van der Waals surface area contributed by atoms with Crippen LogP contribution in [0.3, 0.4) is 0 Å². The van der Waals surface area contributed by atoms with Crippen molar-refractivity contribution in [3.8, 4) is 0 Å². The van der Waals surface area contributed by atoms with Crippen LogP contribution in [0, 0.1) is 0 Å². The maximum Gasteiger partial charge on any atom is 1.00 e. The molecule has 0 aliphatic rings. The van der Waals surface area contributed by atoms with Crippen LogP contribution in [0.4, 0.5) is 17.6 Å². The maximum atomic E-state index is 9.69. The third-order valence-electron chi connectivity index (χ3n) is 0. The van der Waals surface area contributed by atoms with Gasteiger partial charge in [0.25, 0.3) is 0 Å². The molecule has 0 saturated heterocycles. The van der Waals surface area contributed by atoms with Gasteiger partial charge in [0.2, 0.25) is 0 Å². The Bertz CT molecular complexity index is 23.6. The zero-order valence-corrected chi connectivity index (χ0v) is 6.51. The molecule has 0 saturated carbocycles. The van der Waals surface area contributed by atoms with Gasteiger partial charge in [-0.25, -0.2) is 0 Å². The van der Waals surface area contributed by atoms with E-state index in [1.165, 1.54) is 0 Å². The van der Waals surface area contributed by atoms with E-state index in [4.69, 9.17) is 0 Å². The zero-order chi connectivity index (χ0) is 4.50. The number of halogens is 5. The van der Waals surface area contributed by atoms with Crippen LogP contribution in [0.25, 0.3) is 0 Å². The Morgan fingerprint density at radius 1 is 0.857 bits per heavy atom. The molecule has 0 aromatic heterocycles. The van der Waals surface area contributed by atoms with Crippen LogP contribution in [0.5, 0.6) is 0 Å². The van der Waals surface area contributed by atoms with Crippen LogP contribution in [0.15, 0.2) is 0 Å². The summed E-state index contributed by atoms with van der Waals surface area (Å²) >= 11 is 0. The predicted molar refractivity (Wildman–Crippen MR) is 7.16 cm³/mol. The van der Waals surface area contributed by atoms with Gasteiger partial charge < -0.3 is 4.70 Å². The van der Waals surface area contributed by atoms with Gasteiger partial charge in [0.15, 0.2) is 0 Å². The molecule has 0 spiro atoms. The summed E-state index contributed by atoms with van der Waals surface area (Å²) < 4.78 is 38.8. The van der Waals surface area contributed by atoms with Crippen molar-refractivity contribution in [1.82, 2.24) is 0 Å². The third-order valence-corrected chi connectivity index (χ3v) is 0. The van der Waals surface area contributed by atoms with Gasteiger partial charge in [0.05, 0.1) is 0 Å². The summed E-state index contributed by atoms with van der Waals surface area (Å²) in [5.41, 5.74) is 0. The fraction of sp³-hybridized carbons (Fsp3) is 1.00. The first-order chi connectivity index (χ1) is 2.00. The molecular formula is CF5K. The number of hydrogen-bond acceptors (Lipinski definition) is 0. The normalized spacial score (nSPS) is 8.57. The van der Waals surface area contributed by atoms with E-state index >= 15 is 0 Å². The van der Waals surface area contributed by atoms with E-state index in [-0.39, 0.29) is 56.1 Å². The second-order valence-corrected chi connectivity index (χ2v) is 0.429. The molecule has 0 N–H and O–H groups in total. The fourth-order valence-corrected chi connectivity index (χ4v) is 0. The summed E-state index contributed by atoms with van der Waals surface area (Å²) in [7, 11) is 0. The molecule has 0 unspecified atom stereocenters. The molecule has 40 valence electrons. The van der Waals surface area contributed by atoms with E-state index in [2.05, 4.69) is 0 Å². The summed E-state index contributed by atoms with van der Waals surface area (Å²) in [5, 5.41) is 0. The first-order valence-electron chi connectivity index (χ1n) is 0.756. The minimum absolute atomic E-state index is 0. The quantitative estimate of drug-likeness (QED) is 0.239. The van der Waals surface area contributed by atoms with Crippen molar-refractivity contribution in [2.24, 2.45) is 0 Å². The van der Waals surface area contributed by atoms with E-state index in [9.17, 15) is 17.6 Å². The molecule has 0 fully saturated rings. The van der Waals surface area contributed by atoms with Gasteiger partial charge >= 0.3 is 57.8 Å². The molecule has 0 aromatic rings. The first-order valence-corrected chi connectivity index (χ1v) is 0.756. The molecule has 0 amide bonds. The third kappa shape index (κ3) is 123. The van der Waals surface area contributed by atoms with E-state index in [1.807, 2.05) is 0 Å². The minimum Gasteiger partial charge on any atom is -1.00 e. The van der Waals surface area contributed by atoms with Gasteiger partial charge in [-0.1, -0.05) is 0 Å². The average Bonchev–Trinajstić information content (AvgIpc) is 0.722. The van der Waals surface area contributed by atoms with Crippen LogP contribution in [0.1, 0.15) is 0 Å². The molecule has 0 atom stereocenters. The van der Waals surface area contributed by atoms with E-state index in [1.54, 1.807) is 0 Å². The van der Waals surface area contributed by atoms with Gasteiger partial charge in [0, 0.05) is 0 Å². The standard InChI is InChI=1S/CF4.FH.K/c2-1(3,4)5;;/h;1H;/q;;+1/p-1. The van der Waals surface area contributed by atoms with Crippen molar-refractivity contribution in [2.45, 2.75) is 6.43 Å². The molecule has 7 heavy (non-hydrogen) atoms. The average molecular weight is 146 g/mol. The van der Waals surface area contributed by atoms with Gasteiger partial charge in [-0.05, 0) is 0 Å². The SMILES string of the molecule is FC(F)(F)F.[F-].[K+]. The van der Waals surface area contributed by atoms with Crippen LogP contribution >= 0.6 is 0 Å². The van der Waals surface area contributed by atoms with Crippen molar-refractivity contribution in [3.63, 3.8) is 0 Å². The van der Waals surface area contributed by atoms with Crippen LogP contribution in [-0.4, -0.2) is 6.43 Å². The fourth-order valence-electron chi connectivity index (χ4n) is 0. The predicted octanol–water partition coefficient (Wildman–Crippen LogP) is -4.52. The Labute approximate surface area is 79.1 Å². The topological polar surface area (TPSA) is 0 Å². The number of hydrogen-bond donors (Lipinski definition) is 0. The molecule has 0 radical (unpaired) electrons. The van der Waals surface area contributed by atoms with Crippen LogP contribution < -0.4 is 56.1 Å². The minimum atomic E-state index is -5.50. The van der Waals surface area contributed by atoms with Crippen LogP contribution in [-0.2, 0) is 0 Å². The smallest absolute Gasteiger partial charge is 1.00 e. The van der Waals surface area contributed by atoms with E-state index in [0.29, 0.717) is 0 Å². The Balaban J connectivity index is -0.0000000800. The summed E-state index contributed by atoms with van der Waals surface area (Å²) in [6.45, 7) is 0. The second kappa shape index (κ2) is 5.42. The molecule has 0 rings (SSSR count). The largest absolute Gasteiger partial charge is 1.00 e. The summed E-state index contributed by atoms with van der Waals surface area (Å²) in [6.07, 6.45) is -5.50. The number of rotatable bonds is 0. The van der Waals surface area contributed by atoms with Gasteiger partial charge in [0.1, 0.15) is 0 Å². The van der Waals surface area contributed by atoms with E-state index < -0.39 is 6.43 Å². The Hall–Kier alpha value is 1.29. The van der Waals surface area contributed by atoms with Crippen LogP contribution in [0.2, 0.25) is 0 Å². The van der Waals surface area contributed by atoms with E-state index in [0.717, 1.165) is 0 Å². The summed E-state index contributed by atoms with van der Waals surface area (Å²) in [6, 6.07) is 0. The monoisotopic (exact) mass is 146 g/mol. The van der Waals surface area contributed by atoms with Crippen molar-refractivity contribution < 1.29 is 73.7 Å². The van der Waals surface area contributed by atoms with Crippen molar-refractivity contribution in [3.05, 3.63) is 0 Å². The Kier molecular flexibility index (Phi) is 12.2. The second-order valence-electron chi connectivity index (χ2n) is 0.429. The molecule has 0 nitrogen and oxygen atoms in total. The van der Waals surface area contributed by atoms with Crippen molar-refractivity contribution in [1.29, 1.82) is 0 Å². The molecule has 0 aliphatic carbocycles. The molecule has 0 aliphatic heterocycles. The van der Waals surface area contributed by atoms with Gasteiger partial charge in [-0.15, -0.1) is 17.6 Å². The Morgan fingerprint density at radius 3 is 0.857 bits per heavy atom. The van der Waals surface area contributed by atoms with Crippen molar-refractivity contribution >= 4 is 0 Å². The Morgan fingerprint density at radius 2 is 0.857 bits per heavy atom. The van der Waals surface area contributed by atoms with Crippen molar-refractivity contribution in [2.75, 3.05) is 0 Å². The molecule has 0 bridgehead atoms. The molecule has 6 heteroatoms. The number of alkyl halides is 4. The first kappa shape index (κ1) is 15.7. The molecule has 0 aromatic carbocycles. The summed E-state index contributed by atoms with van der Waals surface area (Å²) in [5.74, 6) is 0. The molecule has 0 heterocycles.